The van der Waals surface area contributed by atoms with Crippen molar-refractivity contribution in [2.45, 2.75) is 19.9 Å². The zero-order valence-corrected chi connectivity index (χ0v) is 11.6. The second-order valence-corrected chi connectivity index (χ2v) is 4.82. The third-order valence-electron chi connectivity index (χ3n) is 3.45. The van der Waals surface area contributed by atoms with E-state index in [1.54, 1.807) is 0 Å². The summed E-state index contributed by atoms with van der Waals surface area (Å²) in [6.45, 7) is 5.28. The zero-order chi connectivity index (χ0) is 13.7. The Balaban J connectivity index is 1.86. The van der Waals surface area contributed by atoms with Crippen molar-refractivity contribution in [2.75, 3.05) is 26.8 Å². The van der Waals surface area contributed by atoms with Crippen molar-refractivity contribution in [3.8, 4) is 5.75 Å². The molecule has 2 rings (SSSR count). The minimum atomic E-state index is -0.0887. The van der Waals surface area contributed by atoms with E-state index in [2.05, 4.69) is 17.0 Å². The molecule has 1 aromatic rings. The summed E-state index contributed by atoms with van der Waals surface area (Å²) in [5.41, 5.74) is 1.24. The van der Waals surface area contributed by atoms with Crippen molar-refractivity contribution in [1.29, 1.82) is 0 Å². The third kappa shape index (κ3) is 3.70. The third-order valence-corrected chi connectivity index (χ3v) is 3.45. The van der Waals surface area contributed by atoms with Gasteiger partial charge in [0, 0.05) is 13.1 Å². The van der Waals surface area contributed by atoms with Gasteiger partial charge in [0.15, 0.2) is 0 Å². The van der Waals surface area contributed by atoms with E-state index in [9.17, 15) is 4.79 Å². The molecule has 1 unspecified atom stereocenters. The van der Waals surface area contributed by atoms with Crippen LogP contribution in [0.5, 0.6) is 5.75 Å². The van der Waals surface area contributed by atoms with E-state index >= 15 is 0 Å². The minimum Gasteiger partial charge on any atom is -0.494 e. The van der Waals surface area contributed by atoms with Crippen LogP contribution < -0.4 is 4.74 Å². The molecule has 0 spiro atoms. The number of rotatable bonds is 5. The molecule has 1 aliphatic heterocycles. The number of hydrogen-bond donors (Lipinski definition) is 0. The Kier molecular flexibility index (Phi) is 4.80. The summed E-state index contributed by atoms with van der Waals surface area (Å²) in [7, 11) is 1.46. The van der Waals surface area contributed by atoms with Gasteiger partial charge in [-0.3, -0.25) is 9.69 Å². The fraction of sp³-hybridized carbons (Fsp3) is 0.533. The Bertz CT molecular complexity index is 416. The smallest absolute Gasteiger partial charge is 0.310 e. The van der Waals surface area contributed by atoms with E-state index in [4.69, 9.17) is 9.47 Å². The molecule has 0 aromatic heterocycles. The Morgan fingerprint density at radius 2 is 2.11 bits per heavy atom. The molecule has 0 amide bonds. The summed E-state index contributed by atoms with van der Waals surface area (Å²) < 4.78 is 10.2. The fourth-order valence-corrected chi connectivity index (χ4v) is 2.45. The second kappa shape index (κ2) is 6.57. The minimum absolute atomic E-state index is 0.0349. The molecule has 4 heteroatoms. The number of carbonyl (C=O) groups is 1. The van der Waals surface area contributed by atoms with Crippen LogP contribution in [0.4, 0.5) is 0 Å². The van der Waals surface area contributed by atoms with Gasteiger partial charge in [0.2, 0.25) is 0 Å². The highest BCUT2D eigenvalue weighted by Crippen LogP contribution is 2.20. The van der Waals surface area contributed by atoms with Crippen molar-refractivity contribution < 1.29 is 14.3 Å². The maximum Gasteiger partial charge on any atom is 0.310 e. The molecule has 104 valence electrons. The van der Waals surface area contributed by atoms with Gasteiger partial charge in [-0.25, -0.2) is 0 Å². The van der Waals surface area contributed by atoms with E-state index in [-0.39, 0.29) is 11.9 Å². The molecule has 0 radical (unpaired) electrons. The lowest BCUT2D eigenvalue weighted by molar-refractivity contribution is -0.144. The van der Waals surface area contributed by atoms with Crippen LogP contribution in [0.25, 0.3) is 0 Å². The average Bonchev–Trinajstić information content (AvgIpc) is 2.89. The highest BCUT2D eigenvalue weighted by atomic mass is 16.5. The van der Waals surface area contributed by atoms with Crippen molar-refractivity contribution in [3.63, 3.8) is 0 Å². The molecule has 0 aliphatic carbocycles. The second-order valence-electron chi connectivity index (χ2n) is 4.82. The van der Waals surface area contributed by atoms with Crippen LogP contribution in [0.3, 0.4) is 0 Å². The lowest BCUT2D eigenvalue weighted by Gasteiger charge is -2.15. The summed E-state index contributed by atoms with van der Waals surface area (Å²) in [4.78, 5) is 13.8. The molecule has 4 nitrogen and oxygen atoms in total. The van der Waals surface area contributed by atoms with E-state index in [0.29, 0.717) is 6.61 Å². The molecule has 0 N–H and O–H groups in total. The standard InChI is InChI=1S/C15H21NO3/c1-3-19-14-6-4-12(5-7-14)10-16-9-8-13(11-16)15(17)18-2/h4-7,13H,3,8-11H2,1-2H3. The summed E-state index contributed by atoms with van der Waals surface area (Å²) in [5.74, 6) is 0.849. The molecule has 19 heavy (non-hydrogen) atoms. The van der Waals surface area contributed by atoms with Crippen LogP contribution in [-0.4, -0.2) is 37.7 Å². The number of likely N-dealkylation sites (tertiary alicyclic amines) is 1. The number of hydrogen-bond acceptors (Lipinski definition) is 4. The largest absolute Gasteiger partial charge is 0.494 e. The van der Waals surface area contributed by atoms with E-state index in [1.807, 2.05) is 19.1 Å². The van der Waals surface area contributed by atoms with Crippen LogP contribution in [0, 0.1) is 5.92 Å². The van der Waals surface area contributed by atoms with Gasteiger partial charge in [-0.05, 0) is 37.6 Å². The fourth-order valence-electron chi connectivity index (χ4n) is 2.45. The number of nitrogens with zero attached hydrogens (tertiary/aromatic N) is 1. The maximum absolute atomic E-state index is 11.5. The van der Waals surface area contributed by atoms with Gasteiger partial charge in [0.25, 0.3) is 0 Å². The first-order valence-corrected chi connectivity index (χ1v) is 6.75. The summed E-state index contributed by atoms with van der Waals surface area (Å²) in [6, 6.07) is 8.15. The topological polar surface area (TPSA) is 38.8 Å². The number of carbonyl (C=O) groups excluding carboxylic acids is 1. The van der Waals surface area contributed by atoms with E-state index < -0.39 is 0 Å². The number of esters is 1. The van der Waals surface area contributed by atoms with Gasteiger partial charge in [0.05, 0.1) is 19.6 Å². The Labute approximate surface area is 114 Å². The Morgan fingerprint density at radius 3 is 2.74 bits per heavy atom. The molecule has 1 atom stereocenters. The Hall–Kier alpha value is -1.55. The predicted molar refractivity (Wildman–Crippen MR) is 73.0 cm³/mol. The van der Waals surface area contributed by atoms with Gasteiger partial charge in [-0.1, -0.05) is 12.1 Å². The normalized spacial score (nSPS) is 19.4. The van der Waals surface area contributed by atoms with E-state index in [0.717, 1.165) is 31.8 Å². The van der Waals surface area contributed by atoms with Crippen LogP contribution in [0.15, 0.2) is 24.3 Å². The molecule has 0 bridgehead atoms. The summed E-state index contributed by atoms with van der Waals surface area (Å²) in [6.07, 6.45) is 0.893. The summed E-state index contributed by atoms with van der Waals surface area (Å²) in [5, 5.41) is 0. The van der Waals surface area contributed by atoms with Crippen LogP contribution in [0.1, 0.15) is 18.9 Å². The molecular weight excluding hydrogens is 242 g/mol. The lowest BCUT2D eigenvalue weighted by Crippen LogP contribution is -2.23. The quantitative estimate of drug-likeness (QED) is 0.762. The van der Waals surface area contributed by atoms with Gasteiger partial charge >= 0.3 is 5.97 Å². The number of benzene rings is 1. The molecule has 1 aromatic carbocycles. The SMILES string of the molecule is CCOc1ccc(CN2CCC(C(=O)OC)C2)cc1. The van der Waals surface area contributed by atoms with Crippen LogP contribution in [-0.2, 0) is 16.1 Å². The highest BCUT2D eigenvalue weighted by molar-refractivity contribution is 5.72. The number of ether oxygens (including phenoxy) is 2. The zero-order valence-electron chi connectivity index (χ0n) is 11.6. The van der Waals surface area contributed by atoms with Gasteiger partial charge in [0.1, 0.15) is 5.75 Å². The van der Waals surface area contributed by atoms with Crippen molar-refractivity contribution in [3.05, 3.63) is 29.8 Å². The summed E-state index contributed by atoms with van der Waals surface area (Å²) >= 11 is 0. The average molecular weight is 263 g/mol. The predicted octanol–water partition coefficient (Wildman–Crippen LogP) is 2.08. The lowest BCUT2D eigenvalue weighted by atomic mass is 10.1. The molecule has 0 saturated carbocycles. The monoisotopic (exact) mass is 263 g/mol. The molecule has 1 fully saturated rings. The van der Waals surface area contributed by atoms with E-state index in [1.165, 1.54) is 12.7 Å². The first-order valence-electron chi connectivity index (χ1n) is 6.75. The van der Waals surface area contributed by atoms with Gasteiger partial charge in [-0.2, -0.15) is 0 Å². The maximum atomic E-state index is 11.5. The first-order chi connectivity index (χ1) is 9.22. The van der Waals surface area contributed by atoms with Crippen LogP contribution in [0.2, 0.25) is 0 Å². The Morgan fingerprint density at radius 1 is 1.37 bits per heavy atom. The van der Waals surface area contributed by atoms with Crippen molar-refractivity contribution >= 4 is 5.97 Å². The van der Waals surface area contributed by atoms with Crippen LogP contribution >= 0.6 is 0 Å². The molecule has 1 aliphatic rings. The molecular formula is C15H21NO3. The molecule has 1 saturated heterocycles. The van der Waals surface area contributed by atoms with Gasteiger partial charge < -0.3 is 9.47 Å². The first kappa shape index (κ1) is 13.9. The number of methoxy groups -OCH3 is 1. The highest BCUT2D eigenvalue weighted by Gasteiger charge is 2.28. The van der Waals surface area contributed by atoms with Crippen molar-refractivity contribution in [1.82, 2.24) is 4.90 Å². The molecule has 1 heterocycles. The van der Waals surface area contributed by atoms with Crippen molar-refractivity contribution in [2.24, 2.45) is 5.92 Å². The van der Waals surface area contributed by atoms with Gasteiger partial charge in [-0.15, -0.1) is 0 Å².